The van der Waals surface area contributed by atoms with E-state index in [4.69, 9.17) is 15.0 Å². The minimum absolute atomic E-state index is 0.321. The molecular formula is C60H43N5. The molecule has 0 fully saturated rings. The molecule has 0 saturated heterocycles. The smallest absolute Gasteiger partial charge is 0.164 e. The maximum absolute atomic E-state index is 5.08. The Bertz CT molecular complexity index is 3500. The van der Waals surface area contributed by atoms with Crippen molar-refractivity contribution in [3.63, 3.8) is 0 Å². The van der Waals surface area contributed by atoms with Crippen molar-refractivity contribution in [3.05, 3.63) is 236 Å². The number of anilines is 3. The number of hydrogen-bond acceptors (Lipinski definition) is 4. The molecule has 0 unspecified atom stereocenters. The molecule has 65 heavy (non-hydrogen) atoms. The van der Waals surface area contributed by atoms with Crippen LogP contribution in [0.2, 0.25) is 0 Å². The van der Waals surface area contributed by atoms with Gasteiger partial charge in [-0.25, -0.2) is 15.0 Å². The largest absolute Gasteiger partial charge is 0.310 e. The first kappa shape index (κ1) is 38.3. The monoisotopic (exact) mass is 833 g/mol. The second-order valence-corrected chi connectivity index (χ2v) is 17.3. The van der Waals surface area contributed by atoms with E-state index in [0.29, 0.717) is 17.5 Å². The van der Waals surface area contributed by atoms with Gasteiger partial charge in [0.15, 0.2) is 17.5 Å². The summed E-state index contributed by atoms with van der Waals surface area (Å²) in [6, 6.07) is 79.9. The third kappa shape index (κ3) is 6.59. The third-order valence-corrected chi connectivity index (χ3v) is 13.0. The van der Waals surface area contributed by atoms with Crippen molar-refractivity contribution in [1.29, 1.82) is 0 Å². The molecule has 9 aromatic carbocycles. The molecule has 12 rings (SSSR count). The lowest BCUT2D eigenvalue weighted by Gasteiger charge is -2.28. The van der Waals surface area contributed by atoms with Gasteiger partial charge >= 0.3 is 0 Å². The minimum atomic E-state index is -0.321. The lowest BCUT2D eigenvalue weighted by Crippen LogP contribution is -2.17. The normalized spacial score (nSPS) is 12.6. The Morgan fingerprint density at radius 1 is 0.354 bits per heavy atom. The van der Waals surface area contributed by atoms with E-state index in [1.807, 2.05) is 36.4 Å². The van der Waals surface area contributed by atoms with Crippen LogP contribution in [0.1, 0.15) is 25.0 Å². The van der Waals surface area contributed by atoms with E-state index in [1.165, 1.54) is 55.2 Å². The highest BCUT2D eigenvalue weighted by Crippen LogP contribution is 2.52. The van der Waals surface area contributed by atoms with Crippen LogP contribution in [0.25, 0.3) is 83.9 Å². The van der Waals surface area contributed by atoms with Gasteiger partial charge in [0.2, 0.25) is 0 Å². The summed E-state index contributed by atoms with van der Waals surface area (Å²) in [7, 11) is 0. The lowest BCUT2D eigenvalue weighted by molar-refractivity contribution is 0.660. The van der Waals surface area contributed by atoms with Gasteiger partial charge in [0.25, 0.3) is 0 Å². The van der Waals surface area contributed by atoms with Gasteiger partial charge in [-0.2, -0.15) is 0 Å². The van der Waals surface area contributed by atoms with E-state index < -0.39 is 0 Å². The SMILES string of the molecule is CC1(C)c2cc(-c3nc(-c4ccccc4)nc(-c4ccccc4)n3)ccc2-c2ccc(N(c3cccc(-c4ccccc4)c3)c3ccc4c(c3)c3ccccc3n4-c3ccccc3)cc21. The maximum atomic E-state index is 5.08. The Labute approximate surface area is 378 Å². The number of aromatic nitrogens is 4. The summed E-state index contributed by atoms with van der Waals surface area (Å²) in [4.78, 5) is 17.5. The van der Waals surface area contributed by atoms with Gasteiger partial charge in [-0.05, 0) is 100 Å². The Balaban J connectivity index is 0.996. The van der Waals surface area contributed by atoms with E-state index in [0.717, 1.165) is 39.4 Å². The minimum Gasteiger partial charge on any atom is -0.310 e. The van der Waals surface area contributed by atoms with Crippen molar-refractivity contribution in [2.45, 2.75) is 19.3 Å². The average Bonchev–Trinajstić information content (AvgIpc) is 3.82. The molecule has 11 aromatic rings. The van der Waals surface area contributed by atoms with Gasteiger partial charge in [-0.1, -0.05) is 172 Å². The number of benzene rings is 9. The summed E-state index contributed by atoms with van der Waals surface area (Å²) < 4.78 is 2.38. The topological polar surface area (TPSA) is 46.8 Å². The standard InChI is InChI=1S/C60H43N5/c1-60(2)53-37-44(59-62-57(41-20-9-4-10-21-41)61-58(63-59)42-22-11-5-12-23-42)30-33-49(53)50-34-31-48(39-54(50)60)64(46-27-17-24-43(36-46)40-18-7-3-8-19-40)47-32-35-56-52(38-47)51-28-15-16-29-55(51)65(56)45-25-13-6-14-26-45/h3-39H,1-2H3. The maximum Gasteiger partial charge on any atom is 0.164 e. The molecule has 0 radical (unpaired) electrons. The summed E-state index contributed by atoms with van der Waals surface area (Å²) in [5.41, 5.74) is 16.7. The molecule has 1 aliphatic carbocycles. The molecule has 2 aromatic heterocycles. The molecule has 0 amide bonds. The molecule has 1 aliphatic rings. The van der Waals surface area contributed by atoms with Gasteiger partial charge in [-0.15, -0.1) is 0 Å². The number of para-hydroxylation sites is 2. The van der Waals surface area contributed by atoms with Crippen molar-refractivity contribution in [2.24, 2.45) is 0 Å². The fourth-order valence-corrected chi connectivity index (χ4v) is 9.80. The molecule has 2 heterocycles. The van der Waals surface area contributed by atoms with Gasteiger partial charge in [0, 0.05) is 55.6 Å². The van der Waals surface area contributed by atoms with E-state index in [2.05, 4.69) is 211 Å². The van der Waals surface area contributed by atoms with E-state index in [-0.39, 0.29) is 5.41 Å². The summed E-state index contributed by atoms with van der Waals surface area (Å²) in [5, 5.41) is 2.43. The highest BCUT2D eigenvalue weighted by molar-refractivity contribution is 6.10. The number of fused-ring (bicyclic) bond motifs is 6. The van der Waals surface area contributed by atoms with Crippen LogP contribution in [0.4, 0.5) is 17.1 Å². The quantitative estimate of drug-likeness (QED) is 0.153. The van der Waals surface area contributed by atoms with Crippen LogP contribution < -0.4 is 4.90 Å². The van der Waals surface area contributed by atoms with E-state index in [9.17, 15) is 0 Å². The van der Waals surface area contributed by atoms with Crippen molar-refractivity contribution in [2.75, 3.05) is 4.90 Å². The Morgan fingerprint density at radius 2 is 0.846 bits per heavy atom. The molecule has 0 bridgehead atoms. The molecular weight excluding hydrogens is 791 g/mol. The first-order chi connectivity index (χ1) is 32.0. The van der Waals surface area contributed by atoms with Gasteiger partial charge in [0.05, 0.1) is 11.0 Å². The first-order valence-corrected chi connectivity index (χ1v) is 22.2. The molecule has 308 valence electrons. The average molecular weight is 834 g/mol. The number of rotatable bonds is 8. The molecule has 5 heteroatoms. The van der Waals surface area contributed by atoms with Crippen LogP contribution in [0.3, 0.4) is 0 Å². The van der Waals surface area contributed by atoms with Crippen LogP contribution in [0, 0.1) is 0 Å². The molecule has 0 saturated carbocycles. The Kier molecular flexibility index (Phi) is 9.09. The molecule has 5 nitrogen and oxygen atoms in total. The van der Waals surface area contributed by atoms with E-state index in [1.54, 1.807) is 0 Å². The zero-order chi connectivity index (χ0) is 43.5. The predicted octanol–water partition coefficient (Wildman–Crippen LogP) is 15.4. The Hall–Kier alpha value is -8.41. The van der Waals surface area contributed by atoms with Crippen LogP contribution in [-0.4, -0.2) is 19.5 Å². The predicted molar refractivity (Wildman–Crippen MR) is 268 cm³/mol. The van der Waals surface area contributed by atoms with Crippen LogP contribution in [0.15, 0.2) is 224 Å². The second-order valence-electron chi connectivity index (χ2n) is 17.3. The van der Waals surface area contributed by atoms with Gasteiger partial charge in [0.1, 0.15) is 0 Å². The number of nitrogens with zero attached hydrogens (tertiary/aromatic N) is 5. The highest BCUT2D eigenvalue weighted by Gasteiger charge is 2.37. The summed E-state index contributed by atoms with van der Waals surface area (Å²) in [5.74, 6) is 1.96. The lowest BCUT2D eigenvalue weighted by atomic mass is 9.81. The molecule has 0 spiro atoms. The van der Waals surface area contributed by atoms with Gasteiger partial charge < -0.3 is 9.47 Å². The van der Waals surface area contributed by atoms with E-state index >= 15 is 0 Å². The van der Waals surface area contributed by atoms with Crippen LogP contribution >= 0.6 is 0 Å². The summed E-state index contributed by atoms with van der Waals surface area (Å²) in [6.07, 6.45) is 0. The van der Waals surface area contributed by atoms with Crippen LogP contribution in [0.5, 0.6) is 0 Å². The van der Waals surface area contributed by atoms with Crippen molar-refractivity contribution < 1.29 is 0 Å². The molecule has 0 aliphatic heterocycles. The van der Waals surface area contributed by atoms with Crippen molar-refractivity contribution in [1.82, 2.24) is 19.5 Å². The highest BCUT2D eigenvalue weighted by atomic mass is 15.1. The molecule has 0 N–H and O–H groups in total. The zero-order valence-corrected chi connectivity index (χ0v) is 36.1. The van der Waals surface area contributed by atoms with Crippen molar-refractivity contribution in [3.8, 4) is 62.1 Å². The summed E-state index contributed by atoms with van der Waals surface area (Å²) >= 11 is 0. The third-order valence-electron chi connectivity index (χ3n) is 13.0. The Morgan fingerprint density at radius 3 is 1.52 bits per heavy atom. The fraction of sp³-hybridized carbons (Fsp3) is 0.0500. The molecule has 0 atom stereocenters. The number of hydrogen-bond donors (Lipinski definition) is 0. The fourth-order valence-electron chi connectivity index (χ4n) is 9.80. The van der Waals surface area contributed by atoms with Crippen LogP contribution in [-0.2, 0) is 5.41 Å². The van der Waals surface area contributed by atoms with Crippen molar-refractivity contribution >= 4 is 38.9 Å². The second kappa shape index (κ2) is 15.4. The first-order valence-electron chi connectivity index (χ1n) is 22.2. The summed E-state index contributed by atoms with van der Waals surface area (Å²) in [6.45, 7) is 4.68. The zero-order valence-electron chi connectivity index (χ0n) is 36.1. The van der Waals surface area contributed by atoms with Gasteiger partial charge in [-0.3, -0.25) is 0 Å².